The molecule has 1 N–H and O–H groups in total. The van der Waals surface area contributed by atoms with Crippen molar-refractivity contribution in [1.82, 2.24) is 5.32 Å². The van der Waals surface area contributed by atoms with Gasteiger partial charge in [0.15, 0.2) is 0 Å². The Balaban J connectivity index is 2.75. The van der Waals surface area contributed by atoms with Crippen molar-refractivity contribution < 1.29 is 9.53 Å². The van der Waals surface area contributed by atoms with E-state index in [1.54, 1.807) is 19.3 Å². The molecule has 1 amide bonds. The first kappa shape index (κ1) is 20.9. The SMILES string of the molecule is COC1C\C=C/C=C/C=C\C(=O)NCC(C)/C=C/C=C\C=C\CC1C. The molecule has 3 atom stereocenters. The summed E-state index contributed by atoms with van der Waals surface area (Å²) in [5.41, 5.74) is 0. The molecule has 0 spiro atoms. The van der Waals surface area contributed by atoms with Gasteiger partial charge in [-0.05, 0) is 24.7 Å². The molecule has 1 heterocycles. The zero-order chi connectivity index (χ0) is 18.3. The van der Waals surface area contributed by atoms with Crippen LogP contribution in [0.3, 0.4) is 0 Å². The number of nitrogens with one attached hydrogen (secondary N) is 1. The number of methoxy groups -OCH3 is 1. The van der Waals surface area contributed by atoms with Gasteiger partial charge in [0, 0.05) is 19.7 Å². The quantitative estimate of drug-likeness (QED) is 0.761. The molecule has 3 nitrogen and oxygen atoms in total. The first-order chi connectivity index (χ1) is 12.1. The van der Waals surface area contributed by atoms with Crippen LogP contribution in [0.4, 0.5) is 0 Å². The molecule has 0 saturated heterocycles. The van der Waals surface area contributed by atoms with Gasteiger partial charge in [0.25, 0.3) is 0 Å². The predicted octanol–water partition coefficient (Wildman–Crippen LogP) is 4.52. The standard InChI is InChI=1S/C22H31NO2/c1-19-14-10-6-4-7-11-15-20(2)21(25-3)16-12-8-5-9-13-17-22(24)23-18-19/h4-14,17,19-21H,15-16,18H2,1-3H3,(H,23,24)/b6-4-,9-5+,11-7+,12-8-,14-10+,17-13-. The van der Waals surface area contributed by atoms with E-state index < -0.39 is 0 Å². The Morgan fingerprint density at radius 2 is 1.56 bits per heavy atom. The Kier molecular flexibility index (Phi) is 11.0. The van der Waals surface area contributed by atoms with Crippen LogP contribution in [0.15, 0.2) is 72.9 Å². The van der Waals surface area contributed by atoms with Crippen LogP contribution in [-0.2, 0) is 9.53 Å². The summed E-state index contributed by atoms with van der Waals surface area (Å²) in [6.45, 7) is 4.91. The lowest BCUT2D eigenvalue weighted by atomic mass is 9.97. The highest BCUT2D eigenvalue weighted by Crippen LogP contribution is 2.16. The summed E-state index contributed by atoms with van der Waals surface area (Å²) in [4.78, 5) is 11.7. The highest BCUT2D eigenvalue weighted by Gasteiger charge is 2.13. The van der Waals surface area contributed by atoms with Gasteiger partial charge < -0.3 is 10.1 Å². The maximum absolute atomic E-state index is 11.7. The predicted molar refractivity (Wildman–Crippen MR) is 106 cm³/mol. The summed E-state index contributed by atoms with van der Waals surface area (Å²) in [6.07, 6.45) is 25.6. The number of hydrogen-bond donors (Lipinski definition) is 1. The van der Waals surface area contributed by atoms with Crippen LogP contribution in [0.1, 0.15) is 26.7 Å². The molecule has 0 aliphatic carbocycles. The van der Waals surface area contributed by atoms with Crippen molar-refractivity contribution in [3.63, 3.8) is 0 Å². The molecular weight excluding hydrogens is 310 g/mol. The zero-order valence-corrected chi connectivity index (χ0v) is 15.6. The summed E-state index contributed by atoms with van der Waals surface area (Å²) in [5.74, 6) is 0.667. The number of rotatable bonds is 1. The molecule has 3 unspecified atom stereocenters. The lowest BCUT2D eigenvalue weighted by molar-refractivity contribution is -0.116. The fraction of sp³-hybridized carbons (Fsp3) is 0.409. The first-order valence-corrected chi connectivity index (χ1v) is 8.94. The lowest BCUT2D eigenvalue weighted by Crippen LogP contribution is -2.25. The summed E-state index contributed by atoms with van der Waals surface area (Å²) in [5, 5.41) is 2.89. The number of carbonyl (C=O) groups excluding carboxylic acids is 1. The molecule has 0 bridgehead atoms. The van der Waals surface area contributed by atoms with E-state index in [0.717, 1.165) is 12.8 Å². The van der Waals surface area contributed by atoms with Gasteiger partial charge >= 0.3 is 0 Å². The number of hydrogen-bond acceptors (Lipinski definition) is 2. The second-order valence-electron chi connectivity index (χ2n) is 6.32. The van der Waals surface area contributed by atoms with Crippen molar-refractivity contribution in [3.8, 4) is 0 Å². The van der Waals surface area contributed by atoms with Crippen molar-refractivity contribution in [1.29, 1.82) is 0 Å². The lowest BCUT2D eigenvalue weighted by Gasteiger charge is -2.19. The van der Waals surface area contributed by atoms with Crippen LogP contribution in [-0.4, -0.2) is 25.7 Å². The second-order valence-corrected chi connectivity index (χ2v) is 6.32. The molecule has 0 radical (unpaired) electrons. The normalized spacial score (nSPS) is 34.2. The zero-order valence-electron chi connectivity index (χ0n) is 15.6. The molecule has 136 valence electrons. The molecule has 0 fully saturated rings. The van der Waals surface area contributed by atoms with E-state index in [9.17, 15) is 4.79 Å². The van der Waals surface area contributed by atoms with Crippen molar-refractivity contribution in [2.45, 2.75) is 32.8 Å². The Labute approximate surface area is 152 Å². The minimum atomic E-state index is -0.0740. The van der Waals surface area contributed by atoms with Crippen LogP contribution >= 0.6 is 0 Å². The van der Waals surface area contributed by atoms with E-state index in [1.165, 1.54) is 0 Å². The molecule has 1 rings (SSSR count). The van der Waals surface area contributed by atoms with E-state index >= 15 is 0 Å². The third kappa shape index (κ3) is 10.4. The molecule has 1 aliphatic rings. The van der Waals surface area contributed by atoms with Gasteiger partial charge in [0.2, 0.25) is 5.91 Å². The van der Waals surface area contributed by atoms with Gasteiger partial charge in [-0.1, -0.05) is 80.7 Å². The molecular formula is C22H31NO2. The van der Waals surface area contributed by atoms with Crippen LogP contribution in [0.25, 0.3) is 0 Å². The molecule has 1 aliphatic heterocycles. The van der Waals surface area contributed by atoms with E-state index in [-0.39, 0.29) is 17.9 Å². The summed E-state index contributed by atoms with van der Waals surface area (Å²) in [6, 6.07) is 0. The summed E-state index contributed by atoms with van der Waals surface area (Å²) >= 11 is 0. The average molecular weight is 341 g/mol. The topological polar surface area (TPSA) is 38.3 Å². The van der Waals surface area contributed by atoms with Gasteiger partial charge in [0.1, 0.15) is 0 Å². The molecule has 0 saturated carbocycles. The second kappa shape index (κ2) is 13.2. The maximum atomic E-state index is 11.7. The summed E-state index contributed by atoms with van der Waals surface area (Å²) in [7, 11) is 1.76. The summed E-state index contributed by atoms with van der Waals surface area (Å²) < 4.78 is 5.60. The Hall–Kier alpha value is -2.13. The highest BCUT2D eigenvalue weighted by molar-refractivity contribution is 5.87. The number of carbonyl (C=O) groups is 1. The Bertz CT molecular complexity index is 552. The molecule has 3 heteroatoms. The van der Waals surface area contributed by atoms with Gasteiger partial charge in [-0.2, -0.15) is 0 Å². The minimum absolute atomic E-state index is 0.0740. The van der Waals surface area contributed by atoms with E-state index in [2.05, 4.69) is 43.5 Å². The molecule has 0 aromatic rings. The van der Waals surface area contributed by atoms with Crippen molar-refractivity contribution in [2.24, 2.45) is 11.8 Å². The van der Waals surface area contributed by atoms with E-state index in [0.29, 0.717) is 12.5 Å². The van der Waals surface area contributed by atoms with Crippen molar-refractivity contribution in [2.75, 3.05) is 13.7 Å². The highest BCUT2D eigenvalue weighted by atomic mass is 16.5. The fourth-order valence-electron chi connectivity index (χ4n) is 2.42. The van der Waals surface area contributed by atoms with E-state index in [1.807, 2.05) is 36.5 Å². The average Bonchev–Trinajstić information content (AvgIpc) is 2.60. The largest absolute Gasteiger partial charge is 0.381 e. The Morgan fingerprint density at radius 1 is 0.920 bits per heavy atom. The third-order valence-corrected chi connectivity index (χ3v) is 4.04. The van der Waals surface area contributed by atoms with Crippen LogP contribution < -0.4 is 5.32 Å². The number of ether oxygens (including phenoxy) is 1. The van der Waals surface area contributed by atoms with Gasteiger partial charge in [-0.3, -0.25) is 4.79 Å². The minimum Gasteiger partial charge on any atom is -0.381 e. The first-order valence-electron chi connectivity index (χ1n) is 8.94. The van der Waals surface area contributed by atoms with Crippen molar-refractivity contribution in [3.05, 3.63) is 72.9 Å². The van der Waals surface area contributed by atoms with E-state index in [4.69, 9.17) is 4.74 Å². The smallest absolute Gasteiger partial charge is 0.243 e. The van der Waals surface area contributed by atoms with Crippen LogP contribution in [0.2, 0.25) is 0 Å². The van der Waals surface area contributed by atoms with Gasteiger partial charge in [-0.25, -0.2) is 0 Å². The fourth-order valence-corrected chi connectivity index (χ4v) is 2.42. The van der Waals surface area contributed by atoms with Gasteiger partial charge in [-0.15, -0.1) is 0 Å². The van der Waals surface area contributed by atoms with Gasteiger partial charge in [0.05, 0.1) is 6.10 Å². The maximum Gasteiger partial charge on any atom is 0.243 e. The van der Waals surface area contributed by atoms with Crippen LogP contribution in [0, 0.1) is 11.8 Å². The number of amides is 1. The third-order valence-electron chi connectivity index (χ3n) is 4.04. The molecule has 25 heavy (non-hydrogen) atoms. The molecule has 0 aromatic heterocycles. The van der Waals surface area contributed by atoms with Crippen molar-refractivity contribution >= 4 is 5.91 Å². The monoisotopic (exact) mass is 341 g/mol. The Morgan fingerprint density at radius 3 is 2.28 bits per heavy atom. The molecule has 0 aromatic carbocycles. The van der Waals surface area contributed by atoms with Crippen LogP contribution in [0.5, 0.6) is 0 Å². The number of allylic oxidation sites excluding steroid dienone is 9.